The van der Waals surface area contributed by atoms with Gasteiger partial charge < -0.3 is 14.8 Å². The fourth-order valence-electron chi connectivity index (χ4n) is 3.83. The van der Waals surface area contributed by atoms with Crippen LogP contribution in [0, 0.1) is 0 Å². The Bertz CT molecular complexity index is 1010. The molecule has 0 bridgehead atoms. The van der Waals surface area contributed by atoms with Gasteiger partial charge in [0.1, 0.15) is 0 Å². The number of hydrogen-bond acceptors (Lipinski definition) is 2. The van der Waals surface area contributed by atoms with E-state index in [0.29, 0.717) is 10.0 Å². The molecule has 1 aliphatic heterocycles. The predicted octanol–water partition coefficient (Wildman–Crippen LogP) is 5.95. The number of thiocarbonyl (C=S) groups is 1. The number of rotatable bonds is 6. The highest BCUT2D eigenvalue weighted by atomic mass is 35.5. The van der Waals surface area contributed by atoms with Gasteiger partial charge in [0.2, 0.25) is 0 Å². The van der Waals surface area contributed by atoms with Crippen molar-refractivity contribution in [3.05, 3.63) is 82.4 Å². The first-order chi connectivity index (χ1) is 14.1. The highest BCUT2D eigenvalue weighted by Gasteiger charge is 2.40. The van der Waals surface area contributed by atoms with Gasteiger partial charge in [-0.2, -0.15) is 0 Å². The first kappa shape index (κ1) is 20.2. The number of aromatic nitrogens is 2. The highest BCUT2D eigenvalue weighted by Crippen LogP contribution is 2.40. The Morgan fingerprint density at radius 1 is 1.14 bits per heavy atom. The summed E-state index contributed by atoms with van der Waals surface area (Å²) < 4.78 is 2.12. The second kappa shape index (κ2) is 8.74. The van der Waals surface area contributed by atoms with E-state index in [-0.39, 0.29) is 12.1 Å². The molecule has 7 heteroatoms. The molecule has 4 nitrogen and oxygen atoms in total. The van der Waals surface area contributed by atoms with Gasteiger partial charge in [-0.1, -0.05) is 42.6 Å². The van der Waals surface area contributed by atoms with E-state index in [0.717, 1.165) is 41.6 Å². The van der Waals surface area contributed by atoms with Crippen molar-refractivity contribution in [2.24, 2.45) is 0 Å². The summed E-state index contributed by atoms with van der Waals surface area (Å²) in [6.07, 6.45) is 6.01. The smallest absolute Gasteiger partial charge is 0.170 e. The molecule has 150 valence electrons. The molecule has 1 N–H and O–H groups in total. The minimum Gasteiger partial charge on any atom is -0.352 e. The molecule has 29 heavy (non-hydrogen) atoms. The average Bonchev–Trinajstić information content (AvgIpc) is 3.31. The van der Waals surface area contributed by atoms with Crippen LogP contribution in [0.3, 0.4) is 0 Å². The third-order valence-electron chi connectivity index (χ3n) is 5.20. The molecule has 1 aliphatic rings. The van der Waals surface area contributed by atoms with Crippen LogP contribution in [0.25, 0.3) is 5.69 Å². The molecule has 1 fully saturated rings. The van der Waals surface area contributed by atoms with Gasteiger partial charge in [-0.15, -0.1) is 0 Å². The highest BCUT2D eigenvalue weighted by molar-refractivity contribution is 7.80. The monoisotopic (exact) mass is 444 g/mol. The third kappa shape index (κ3) is 4.00. The molecule has 0 unspecified atom stereocenters. The van der Waals surface area contributed by atoms with Crippen molar-refractivity contribution < 1.29 is 0 Å². The summed E-state index contributed by atoms with van der Waals surface area (Å²) in [6, 6.07) is 15.7. The lowest BCUT2D eigenvalue weighted by molar-refractivity contribution is 0.304. The van der Waals surface area contributed by atoms with Crippen molar-refractivity contribution in [3.63, 3.8) is 0 Å². The predicted molar refractivity (Wildman–Crippen MR) is 123 cm³/mol. The zero-order valence-electron chi connectivity index (χ0n) is 16.1. The fourth-order valence-corrected chi connectivity index (χ4v) is 4.66. The van der Waals surface area contributed by atoms with Crippen LogP contribution in [-0.2, 0) is 0 Å². The lowest BCUT2D eigenvalue weighted by atomic mass is 10.0. The number of halogens is 2. The Morgan fingerprint density at radius 3 is 2.72 bits per heavy atom. The number of nitrogens with zero attached hydrogens (tertiary/aromatic N) is 3. The SMILES string of the molecule is CCCCN1C(=S)N[C@H](c2ccccn2)[C@@H]1c1cccn1-c1ccc(Cl)cc1Cl. The van der Waals surface area contributed by atoms with Gasteiger partial charge in [0.05, 0.1) is 28.5 Å². The molecular weight excluding hydrogens is 423 g/mol. The quantitative estimate of drug-likeness (QED) is 0.476. The van der Waals surface area contributed by atoms with E-state index in [1.54, 1.807) is 6.07 Å². The summed E-state index contributed by atoms with van der Waals surface area (Å²) in [7, 11) is 0. The van der Waals surface area contributed by atoms with Crippen LogP contribution >= 0.6 is 35.4 Å². The third-order valence-corrected chi connectivity index (χ3v) is 6.09. The summed E-state index contributed by atoms with van der Waals surface area (Å²) in [6.45, 7) is 3.07. The van der Waals surface area contributed by atoms with Crippen LogP contribution in [-0.4, -0.2) is 26.1 Å². The Hall–Kier alpha value is -2.08. The van der Waals surface area contributed by atoms with Crippen LogP contribution < -0.4 is 5.32 Å². The second-order valence-corrected chi connectivity index (χ2v) is 8.30. The molecule has 3 aromatic rings. The minimum atomic E-state index is -0.0414. The Kier molecular flexibility index (Phi) is 6.09. The van der Waals surface area contributed by atoms with E-state index in [9.17, 15) is 0 Å². The minimum absolute atomic E-state index is 0.00527. The van der Waals surface area contributed by atoms with Gasteiger partial charge in [0.15, 0.2) is 5.11 Å². The van der Waals surface area contributed by atoms with Gasteiger partial charge >= 0.3 is 0 Å². The van der Waals surface area contributed by atoms with Crippen molar-refractivity contribution in [3.8, 4) is 5.69 Å². The molecule has 1 aromatic carbocycles. The van der Waals surface area contributed by atoms with Crippen LogP contribution in [0.4, 0.5) is 0 Å². The van der Waals surface area contributed by atoms with Crippen molar-refractivity contribution in [2.45, 2.75) is 31.8 Å². The first-order valence-electron chi connectivity index (χ1n) is 9.71. The first-order valence-corrected chi connectivity index (χ1v) is 10.9. The maximum atomic E-state index is 6.53. The van der Waals surface area contributed by atoms with Gasteiger partial charge in [-0.3, -0.25) is 4.98 Å². The number of unbranched alkanes of at least 4 members (excludes halogenated alkanes) is 1. The molecule has 2 atom stereocenters. The molecule has 0 saturated carbocycles. The maximum Gasteiger partial charge on any atom is 0.170 e. The van der Waals surface area contributed by atoms with Crippen LogP contribution in [0.5, 0.6) is 0 Å². The van der Waals surface area contributed by atoms with Crippen LogP contribution in [0.15, 0.2) is 60.9 Å². The zero-order chi connectivity index (χ0) is 20.4. The summed E-state index contributed by atoms with van der Waals surface area (Å²) in [5.74, 6) is 0. The number of hydrogen-bond donors (Lipinski definition) is 1. The van der Waals surface area contributed by atoms with Crippen LogP contribution in [0.2, 0.25) is 10.0 Å². The van der Waals surface area contributed by atoms with Gasteiger partial charge in [-0.05, 0) is 61.1 Å². The Labute approximate surface area is 186 Å². The largest absolute Gasteiger partial charge is 0.352 e. The van der Waals surface area contributed by atoms with Crippen molar-refractivity contribution in [1.29, 1.82) is 0 Å². The van der Waals surface area contributed by atoms with Crippen molar-refractivity contribution >= 4 is 40.5 Å². The van der Waals surface area contributed by atoms with E-state index < -0.39 is 0 Å². The molecule has 0 spiro atoms. The molecule has 3 heterocycles. The van der Waals surface area contributed by atoms with Crippen molar-refractivity contribution in [2.75, 3.05) is 6.54 Å². The molecule has 0 amide bonds. The van der Waals surface area contributed by atoms with Crippen LogP contribution in [0.1, 0.15) is 43.2 Å². The van der Waals surface area contributed by atoms with E-state index >= 15 is 0 Å². The second-order valence-electron chi connectivity index (χ2n) is 7.07. The Balaban J connectivity index is 1.81. The summed E-state index contributed by atoms with van der Waals surface area (Å²) in [5, 5.41) is 5.48. The average molecular weight is 445 g/mol. The number of pyridine rings is 1. The molecule has 0 radical (unpaired) electrons. The molecule has 2 aromatic heterocycles. The van der Waals surface area contributed by atoms with Gasteiger partial charge in [0.25, 0.3) is 0 Å². The molecule has 4 rings (SSSR count). The molecular formula is C22H22Cl2N4S. The fraction of sp³-hybridized carbons (Fsp3) is 0.273. The normalized spacial score (nSPS) is 18.9. The van der Waals surface area contributed by atoms with E-state index in [1.807, 2.05) is 48.8 Å². The summed E-state index contributed by atoms with van der Waals surface area (Å²) in [4.78, 5) is 6.87. The topological polar surface area (TPSA) is 33.1 Å². The zero-order valence-corrected chi connectivity index (χ0v) is 18.4. The number of nitrogens with one attached hydrogen (secondary N) is 1. The Morgan fingerprint density at radius 2 is 2.00 bits per heavy atom. The maximum absolute atomic E-state index is 6.53. The standard InChI is InChI=1S/C22H22Cl2N4S/c1-2-3-12-28-21(20(26-22(28)29)17-7-4-5-11-25-17)19-8-6-13-27(19)18-10-9-15(23)14-16(18)24/h4-11,13-14,20-21H,2-3,12H2,1H3,(H,26,29)/t20-,21+/m1/s1. The van der Waals surface area contributed by atoms with Gasteiger partial charge in [0, 0.05) is 29.7 Å². The lowest BCUT2D eigenvalue weighted by Crippen LogP contribution is -2.31. The number of benzene rings is 1. The summed E-state index contributed by atoms with van der Waals surface area (Å²) in [5.41, 5.74) is 2.96. The molecule has 0 aliphatic carbocycles. The lowest BCUT2D eigenvalue weighted by Gasteiger charge is -2.29. The molecule has 1 saturated heterocycles. The van der Waals surface area contributed by atoms with Crippen molar-refractivity contribution in [1.82, 2.24) is 19.8 Å². The van der Waals surface area contributed by atoms with Gasteiger partial charge in [-0.25, -0.2) is 0 Å². The van der Waals surface area contributed by atoms with E-state index in [2.05, 4.69) is 32.8 Å². The van der Waals surface area contributed by atoms with E-state index in [1.165, 1.54) is 0 Å². The summed E-state index contributed by atoms with van der Waals surface area (Å²) >= 11 is 18.4. The van der Waals surface area contributed by atoms with E-state index in [4.69, 9.17) is 35.4 Å².